The van der Waals surface area contributed by atoms with Crippen molar-refractivity contribution in [1.82, 2.24) is 14.5 Å². The van der Waals surface area contributed by atoms with Crippen molar-refractivity contribution >= 4 is 49.3 Å². The van der Waals surface area contributed by atoms with E-state index in [4.69, 9.17) is 4.98 Å². The lowest BCUT2D eigenvalue weighted by atomic mass is 9.99. The summed E-state index contributed by atoms with van der Waals surface area (Å²) in [6.07, 6.45) is 1.69. The van der Waals surface area contributed by atoms with E-state index in [9.17, 15) is 14.0 Å². The second kappa shape index (κ2) is 9.36. The number of ketones is 1. The third-order valence-electron chi connectivity index (χ3n) is 6.05. The van der Waals surface area contributed by atoms with Gasteiger partial charge in [-0.1, -0.05) is 30.0 Å². The molecule has 0 radical (unpaired) electrons. The number of halogens is 1. The molecule has 3 heterocycles. The molecule has 5 nitrogen and oxygen atoms in total. The highest BCUT2D eigenvalue weighted by molar-refractivity contribution is 7.99. The van der Waals surface area contributed by atoms with Crippen LogP contribution in [-0.4, -0.2) is 26.1 Å². The van der Waals surface area contributed by atoms with Gasteiger partial charge in [-0.3, -0.25) is 14.2 Å². The van der Waals surface area contributed by atoms with Gasteiger partial charge in [0.25, 0.3) is 5.56 Å². The van der Waals surface area contributed by atoms with E-state index in [1.54, 1.807) is 22.9 Å². The zero-order valence-corrected chi connectivity index (χ0v) is 21.1. The molecule has 0 aliphatic carbocycles. The Hall–Kier alpha value is -3.36. The Morgan fingerprint density at radius 3 is 2.57 bits per heavy atom. The summed E-state index contributed by atoms with van der Waals surface area (Å²) in [4.78, 5) is 36.7. The van der Waals surface area contributed by atoms with Gasteiger partial charge < -0.3 is 0 Å². The lowest BCUT2D eigenvalue weighted by Crippen LogP contribution is -2.23. The Morgan fingerprint density at radius 1 is 1.06 bits per heavy atom. The van der Waals surface area contributed by atoms with Gasteiger partial charge in [-0.15, -0.1) is 11.3 Å². The fourth-order valence-corrected chi connectivity index (χ4v) is 5.94. The predicted octanol–water partition coefficient (Wildman–Crippen LogP) is 6.09. The van der Waals surface area contributed by atoms with Gasteiger partial charge in [0.1, 0.15) is 15.3 Å². The number of carbonyl (C=O) groups is 1. The predicted molar refractivity (Wildman–Crippen MR) is 140 cm³/mol. The summed E-state index contributed by atoms with van der Waals surface area (Å²) in [5.74, 6) is -0.213. The molecule has 0 atom stereocenters. The average Bonchev–Trinajstić information content (AvgIpc) is 3.22. The number of fused-ring (bicyclic) bond motifs is 3. The fourth-order valence-electron chi connectivity index (χ4n) is 4.03. The Kier molecular flexibility index (Phi) is 6.25. The number of aromatic nitrogens is 3. The van der Waals surface area contributed by atoms with E-state index in [1.165, 1.54) is 35.2 Å². The largest absolute Gasteiger partial charge is 0.293 e. The molecule has 5 aromatic rings. The van der Waals surface area contributed by atoms with Gasteiger partial charge in [0.2, 0.25) is 0 Å². The molecule has 0 unspecified atom stereocenters. The highest BCUT2D eigenvalue weighted by Gasteiger charge is 2.19. The number of thiophene rings is 1. The van der Waals surface area contributed by atoms with Crippen LogP contribution in [0, 0.1) is 26.6 Å². The number of rotatable bonds is 6. The minimum atomic E-state index is -0.339. The van der Waals surface area contributed by atoms with Crippen LogP contribution in [0.4, 0.5) is 4.39 Å². The second-order valence-electron chi connectivity index (χ2n) is 8.51. The maximum atomic E-state index is 13.6. The van der Waals surface area contributed by atoms with Crippen LogP contribution in [0.3, 0.4) is 0 Å². The molecule has 0 fully saturated rings. The highest BCUT2D eigenvalue weighted by atomic mass is 32.2. The van der Waals surface area contributed by atoms with Crippen molar-refractivity contribution < 1.29 is 9.18 Å². The Balaban J connectivity index is 1.57. The van der Waals surface area contributed by atoms with Gasteiger partial charge in [0.15, 0.2) is 10.9 Å². The van der Waals surface area contributed by atoms with Crippen molar-refractivity contribution in [3.8, 4) is 0 Å². The van der Waals surface area contributed by atoms with E-state index in [2.05, 4.69) is 4.98 Å². The van der Waals surface area contributed by atoms with Crippen molar-refractivity contribution in [2.24, 2.45) is 0 Å². The van der Waals surface area contributed by atoms with Gasteiger partial charge in [-0.25, -0.2) is 14.4 Å². The fraction of sp³-hybridized carbons (Fsp3) is 0.185. The number of aryl methyl sites for hydroxylation is 3. The Labute approximate surface area is 209 Å². The first kappa shape index (κ1) is 23.4. The summed E-state index contributed by atoms with van der Waals surface area (Å²) in [6, 6.07) is 13.7. The monoisotopic (exact) mass is 503 g/mol. The van der Waals surface area contributed by atoms with E-state index in [0.29, 0.717) is 20.9 Å². The number of hydrogen-bond acceptors (Lipinski definition) is 6. The summed E-state index contributed by atoms with van der Waals surface area (Å²) in [6.45, 7) is 6.18. The first-order chi connectivity index (χ1) is 16.8. The lowest BCUT2D eigenvalue weighted by molar-refractivity contribution is 0.102. The summed E-state index contributed by atoms with van der Waals surface area (Å²) in [5, 5.41) is 1.27. The van der Waals surface area contributed by atoms with Gasteiger partial charge in [0, 0.05) is 17.1 Å². The topological polar surface area (TPSA) is 64.8 Å². The summed E-state index contributed by atoms with van der Waals surface area (Å²) in [7, 11) is 0. The van der Waals surface area contributed by atoms with E-state index in [0.717, 1.165) is 32.5 Å². The molecule has 0 bridgehead atoms. The van der Waals surface area contributed by atoms with Crippen LogP contribution < -0.4 is 5.56 Å². The van der Waals surface area contributed by atoms with Crippen molar-refractivity contribution in [3.63, 3.8) is 0 Å². The molecule has 0 spiro atoms. The number of Topliss-reactive ketones (excluding diaryl/α,β-unsaturated/α-hetero) is 1. The molecule has 8 heteroatoms. The van der Waals surface area contributed by atoms with Crippen LogP contribution >= 0.6 is 23.1 Å². The van der Waals surface area contributed by atoms with Crippen molar-refractivity contribution in [1.29, 1.82) is 0 Å². The number of pyridine rings is 1. The molecule has 5 rings (SSSR count). The first-order valence-corrected chi connectivity index (χ1v) is 12.9. The van der Waals surface area contributed by atoms with Gasteiger partial charge in [-0.05, 0) is 73.4 Å². The van der Waals surface area contributed by atoms with Crippen molar-refractivity contribution in [2.75, 3.05) is 5.75 Å². The molecule has 176 valence electrons. The van der Waals surface area contributed by atoms with Crippen LogP contribution in [0.5, 0.6) is 0 Å². The quantitative estimate of drug-likeness (QED) is 0.159. The maximum absolute atomic E-state index is 13.6. The van der Waals surface area contributed by atoms with Crippen molar-refractivity contribution in [3.05, 3.63) is 98.7 Å². The lowest BCUT2D eigenvalue weighted by Gasteiger charge is -2.13. The van der Waals surface area contributed by atoms with Crippen molar-refractivity contribution in [2.45, 2.75) is 32.5 Å². The van der Waals surface area contributed by atoms with Crippen LogP contribution in [0.25, 0.3) is 20.4 Å². The minimum Gasteiger partial charge on any atom is -0.293 e. The van der Waals surface area contributed by atoms with Crippen LogP contribution in [0.15, 0.2) is 64.7 Å². The Bertz CT molecular complexity index is 1660. The summed E-state index contributed by atoms with van der Waals surface area (Å²) < 4.78 is 15.5. The average molecular weight is 504 g/mol. The minimum absolute atomic E-state index is 0.0184. The molecule has 0 saturated heterocycles. The molecule has 0 amide bonds. The molecule has 2 aromatic carbocycles. The van der Waals surface area contributed by atoms with Gasteiger partial charge >= 0.3 is 0 Å². The number of nitrogens with zero attached hydrogens (tertiary/aromatic N) is 3. The first-order valence-electron chi connectivity index (χ1n) is 11.1. The summed E-state index contributed by atoms with van der Waals surface area (Å²) >= 11 is 2.55. The van der Waals surface area contributed by atoms with E-state index >= 15 is 0 Å². The third-order valence-corrected chi connectivity index (χ3v) is 8.11. The Morgan fingerprint density at radius 2 is 1.80 bits per heavy atom. The van der Waals surface area contributed by atoms with Gasteiger partial charge in [0.05, 0.1) is 17.8 Å². The number of thioether (sulfide) groups is 1. The summed E-state index contributed by atoms with van der Waals surface area (Å²) in [5.41, 5.74) is 4.99. The SMILES string of the molecule is Cc1cc(C)c(C(=O)CSc2nc3c(sc4ncccc43)c(=O)n2Cc2ccc(F)cc2)cc1C. The number of hydrogen-bond donors (Lipinski definition) is 0. The molecule has 0 saturated carbocycles. The zero-order valence-electron chi connectivity index (χ0n) is 19.5. The molecule has 3 aromatic heterocycles. The van der Waals surface area contributed by atoms with E-state index in [-0.39, 0.29) is 29.5 Å². The molecule has 0 aliphatic heterocycles. The third kappa shape index (κ3) is 4.51. The van der Waals surface area contributed by atoms with Crippen LogP contribution in [0.2, 0.25) is 0 Å². The molecule has 0 aliphatic rings. The second-order valence-corrected chi connectivity index (χ2v) is 10.5. The normalized spacial score (nSPS) is 11.4. The molecular weight excluding hydrogens is 481 g/mol. The van der Waals surface area contributed by atoms with Crippen LogP contribution in [-0.2, 0) is 6.54 Å². The maximum Gasteiger partial charge on any atom is 0.272 e. The van der Waals surface area contributed by atoms with E-state index < -0.39 is 0 Å². The highest BCUT2D eigenvalue weighted by Crippen LogP contribution is 2.31. The van der Waals surface area contributed by atoms with E-state index in [1.807, 2.05) is 45.0 Å². The smallest absolute Gasteiger partial charge is 0.272 e. The zero-order chi connectivity index (χ0) is 24.7. The standard InChI is InChI=1S/C27H22FN3O2S2/c1-15-11-17(3)21(12-16(15)2)22(32)14-34-27-30-23-20-5-4-10-29-25(20)35-24(23)26(33)31(27)13-18-6-8-19(28)9-7-18/h4-12H,13-14H2,1-3H3. The molecule has 35 heavy (non-hydrogen) atoms. The number of benzene rings is 2. The van der Waals surface area contributed by atoms with Gasteiger partial charge in [-0.2, -0.15) is 0 Å². The molecule has 0 N–H and O–H groups in total. The number of carbonyl (C=O) groups excluding carboxylic acids is 1. The van der Waals surface area contributed by atoms with Crippen LogP contribution in [0.1, 0.15) is 32.6 Å². The molecular formula is C27H22FN3O2S2.